The monoisotopic (exact) mass is 450 g/mol. The van der Waals surface area contributed by atoms with Gasteiger partial charge in [-0.1, -0.05) is 18.2 Å². The second kappa shape index (κ2) is 8.43. The standard InChI is InChI=1S/C9H7IO4.C9H8N2/c1-4-2-5(8(11)12)7(10)6(3-4)9(13)14;1-2-4-9(5-3-1)11-7-6-10-8-11/h2-3H,1H3,(H,11,12)(H,13,14);1-8H. The first-order chi connectivity index (χ1) is 11.9. The van der Waals surface area contributed by atoms with Gasteiger partial charge in [-0.25, -0.2) is 14.6 Å². The second-order valence-corrected chi connectivity index (χ2v) is 6.17. The topological polar surface area (TPSA) is 92.4 Å². The third-order valence-corrected chi connectivity index (χ3v) is 4.40. The van der Waals surface area contributed by atoms with Gasteiger partial charge < -0.3 is 14.8 Å². The molecule has 7 heteroatoms. The maximum atomic E-state index is 10.8. The van der Waals surface area contributed by atoms with Crippen LogP contribution in [-0.4, -0.2) is 31.7 Å². The molecule has 3 rings (SSSR count). The molecule has 0 unspecified atom stereocenters. The molecule has 0 aliphatic heterocycles. The van der Waals surface area contributed by atoms with Crippen molar-refractivity contribution >= 4 is 34.5 Å². The van der Waals surface area contributed by atoms with Gasteiger partial charge in [0.2, 0.25) is 0 Å². The fraction of sp³-hybridized carbons (Fsp3) is 0.0556. The van der Waals surface area contributed by atoms with Crippen molar-refractivity contribution in [3.8, 4) is 5.69 Å². The molecular formula is C18H15IN2O4. The van der Waals surface area contributed by atoms with Crippen LogP contribution >= 0.6 is 22.6 Å². The molecule has 2 aromatic carbocycles. The molecule has 0 aliphatic rings. The summed E-state index contributed by atoms with van der Waals surface area (Å²) in [7, 11) is 0. The number of nitrogens with zero attached hydrogens (tertiary/aromatic N) is 2. The van der Waals surface area contributed by atoms with Crippen molar-refractivity contribution in [2.45, 2.75) is 6.92 Å². The fourth-order valence-electron chi connectivity index (χ4n) is 2.09. The van der Waals surface area contributed by atoms with Gasteiger partial charge in [-0.15, -0.1) is 0 Å². The highest BCUT2D eigenvalue weighted by molar-refractivity contribution is 14.1. The van der Waals surface area contributed by atoms with E-state index in [1.54, 1.807) is 42.0 Å². The van der Waals surface area contributed by atoms with Crippen LogP contribution in [0.15, 0.2) is 61.2 Å². The summed E-state index contributed by atoms with van der Waals surface area (Å²) in [5.41, 5.74) is 1.83. The molecule has 0 saturated carbocycles. The predicted molar refractivity (Wildman–Crippen MR) is 101 cm³/mol. The Morgan fingerprint density at radius 1 is 1.04 bits per heavy atom. The van der Waals surface area contributed by atoms with Gasteiger partial charge in [-0.2, -0.15) is 0 Å². The molecule has 0 bridgehead atoms. The van der Waals surface area contributed by atoms with Crippen LogP contribution in [0.5, 0.6) is 0 Å². The molecule has 6 nitrogen and oxygen atoms in total. The van der Waals surface area contributed by atoms with Crippen molar-refractivity contribution in [1.29, 1.82) is 0 Å². The lowest BCUT2D eigenvalue weighted by atomic mass is 10.1. The molecular weight excluding hydrogens is 435 g/mol. The van der Waals surface area contributed by atoms with Gasteiger partial charge >= 0.3 is 11.9 Å². The summed E-state index contributed by atoms with van der Waals surface area (Å²) >= 11 is 1.73. The number of aryl methyl sites for hydroxylation is 1. The molecule has 2 N–H and O–H groups in total. The molecule has 0 saturated heterocycles. The number of halogens is 1. The Kier molecular flexibility index (Phi) is 6.29. The van der Waals surface area contributed by atoms with E-state index in [9.17, 15) is 9.59 Å². The number of para-hydroxylation sites is 1. The maximum Gasteiger partial charge on any atom is 0.336 e. The Bertz CT molecular complexity index is 842. The van der Waals surface area contributed by atoms with Crippen molar-refractivity contribution in [2.75, 3.05) is 0 Å². The van der Waals surface area contributed by atoms with Crippen molar-refractivity contribution in [1.82, 2.24) is 9.55 Å². The summed E-state index contributed by atoms with van der Waals surface area (Å²) in [5, 5.41) is 17.6. The largest absolute Gasteiger partial charge is 0.478 e. The molecule has 0 fully saturated rings. The Morgan fingerprint density at radius 3 is 2.04 bits per heavy atom. The van der Waals surface area contributed by atoms with E-state index in [2.05, 4.69) is 4.98 Å². The van der Waals surface area contributed by atoms with E-state index in [4.69, 9.17) is 10.2 Å². The number of carboxylic acids is 2. The predicted octanol–water partition coefficient (Wildman–Crippen LogP) is 3.87. The van der Waals surface area contributed by atoms with Crippen LogP contribution in [-0.2, 0) is 0 Å². The van der Waals surface area contributed by atoms with Crippen LogP contribution in [0.2, 0.25) is 0 Å². The smallest absolute Gasteiger partial charge is 0.336 e. The zero-order chi connectivity index (χ0) is 18.4. The first-order valence-electron chi connectivity index (χ1n) is 7.20. The lowest BCUT2D eigenvalue weighted by molar-refractivity contribution is 0.0695. The molecule has 1 heterocycles. The third-order valence-electron chi connectivity index (χ3n) is 3.24. The van der Waals surface area contributed by atoms with Crippen molar-refractivity contribution < 1.29 is 19.8 Å². The highest BCUT2D eigenvalue weighted by Gasteiger charge is 2.16. The number of imidazole rings is 1. The summed E-state index contributed by atoms with van der Waals surface area (Å²) in [6.07, 6.45) is 5.48. The van der Waals surface area contributed by atoms with Crippen LogP contribution in [0.3, 0.4) is 0 Å². The molecule has 0 atom stereocenters. The van der Waals surface area contributed by atoms with Crippen molar-refractivity contribution in [3.63, 3.8) is 0 Å². The highest BCUT2D eigenvalue weighted by Crippen LogP contribution is 2.20. The molecule has 0 radical (unpaired) electrons. The van der Waals surface area contributed by atoms with Crippen molar-refractivity contribution in [2.24, 2.45) is 0 Å². The average molecular weight is 450 g/mol. The molecule has 0 aliphatic carbocycles. The van der Waals surface area contributed by atoms with Crippen LogP contribution in [0.4, 0.5) is 0 Å². The van der Waals surface area contributed by atoms with Crippen LogP contribution in [0, 0.1) is 10.5 Å². The van der Waals surface area contributed by atoms with Crippen LogP contribution in [0.25, 0.3) is 5.69 Å². The summed E-state index contributed by atoms with van der Waals surface area (Å²) in [6, 6.07) is 13.0. The Hall–Kier alpha value is -2.68. The van der Waals surface area contributed by atoms with E-state index in [0.29, 0.717) is 5.56 Å². The van der Waals surface area contributed by atoms with Gasteiger partial charge in [0.25, 0.3) is 0 Å². The molecule has 0 spiro atoms. The summed E-state index contributed by atoms with van der Waals surface area (Å²) in [6.45, 7) is 1.66. The minimum Gasteiger partial charge on any atom is -0.478 e. The lowest BCUT2D eigenvalue weighted by Gasteiger charge is -2.04. The van der Waals surface area contributed by atoms with Gasteiger partial charge in [0.1, 0.15) is 0 Å². The number of benzene rings is 2. The molecule has 1 aromatic heterocycles. The molecule has 25 heavy (non-hydrogen) atoms. The van der Waals surface area contributed by atoms with Gasteiger partial charge in [-0.3, -0.25) is 0 Å². The molecule has 128 valence electrons. The number of hydrogen-bond acceptors (Lipinski definition) is 3. The number of aromatic nitrogens is 2. The zero-order valence-corrected chi connectivity index (χ0v) is 15.4. The van der Waals surface area contributed by atoms with Crippen LogP contribution in [0.1, 0.15) is 26.3 Å². The Morgan fingerprint density at radius 2 is 1.60 bits per heavy atom. The number of carboxylic acid groups (broad SMARTS) is 2. The Balaban J connectivity index is 0.000000185. The van der Waals surface area contributed by atoms with Crippen LogP contribution < -0.4 is 0 Å². The van der Waals surface area contributed by atoms with E-state index >= 15 is 0 Å². The minimum absolute atomic E-state index is 0.0306. The number of hydrogen-bond donors (Lipinski definition) is 2. The Labute approximate surface area is 157 Å². The molecule has 3 aromatic rings. The SMILES string of the molecule is Cc1cc(C(=O)O)c(I)c(C(=O)O)c1.c1ccc(-n2ccnc2)cc1. The quantitative estimate of drug-likeness (QED) is 0.592. The zero-order valence-electron chi connectivity index (χ0n) is 13.3. The maximum absolute atomic E-state index is 10.8. The molecule has 0 amide bonds. The highest BCUT2D eigenvalue weighted by atomic mass is 127. The normalized spacial score (nSPS) is 9.84. The van der Waals surface area contributed by atoms with E-state index in [0.717, 1.165) is 5.69 Å². The van der Waals surface area contributed by atoms with Gasteiger partial charge in [0.15, 0.2) is 0 Å². The first kappa shape index (κ1) is 18.7. The van der Waals surface area contributed by atoms with E-state index in [-0.39, 0.29) is 14.7 Å². The van der Waals surface area contributed by atoms with Gasteiger partial charge in [0.05, 0.1) is 17.5 Å². The first-order valence-corrected chi connectivity index (χ1v) is 8.28. The van der Waals surface area contributed by atoms with Gasteiger partial charge in [0, 0.05) is 21.7 Å². The average Bonchev–Trinajstić information content (AvgIpc) is 3.12. The third kappa shape index (κ3) is 4.90. The summed E-state index contributed by atoms with van der Waals surface area (Å²) < 4.78 is 2.23. The number of rotatable bonds is 3. The minimum atomic E-state index is -1.11. The number of carbonyl (C=O) groups is 2. The fourth-order valence-corrected chi connectivity index (χ4v) is 2.86. The number of aromatic carboxylic acids is 2. The van der Waals surface area contributed by atoms with E-state index in [1.165, 1.54) is 12.1 Å². The van der Waals surface area contributed by atoms with E-state index in [1.807, 2.05) is 41.1 Å². The summed E-state index contributed by atoms with van der Waals surface area (Å²) in [4.78, 5) is 25.5. The van der Waals surface area contributed by atoms with Crippen molar-refractivity contribution in [3.05, 3.63) is 81.4 Å². The van der Waals surface area contributed by atoms with Gasteiger partial charge in [-0.05, 0) is 59.3 Å². The summed E-state index contributed by atoms with van der Waals surface area (Å²) in [5.74, 6) is -2.22. The lowest BCUT2D eigenvalue weighted by Crippen LogP contribution is -2.07. The second-order valence-electron chi connectivity index (χ2n) is 5.09. The van der Waals surface area contributed by atoms with E-state index < -0.39 is 11.9 Å².